The third kappa shape index (κ3) is 7.08. The van der Waals surface area contributed by atoms with Gasteiger partial charge in [-0.1, -0.05) is 182 Å². The SMILES string of the molecule is c1ccc(-c2ccc(N(c3ccc(-c4ccccc4)cc3)c3cc(-c4cc5ccccc5c5ccccc45)cc(N(c4ccc5oc6ccccc6c5c4)c4cccc5c4oc4ccccc45)c3)cc2)cc1. The highest BCUT2D eigenvalue weighted by molar-refractivity contribution is 6.15. The minimum absolute atomic E-state index is 0.809. The molecule has 0 saturated heterocycles. The normalized spacial score (nSPS) is 11.6. The second-order valence-corrected chi connectivity index (χ2v) is 18.5. The van der Waals surface area contributed by atoms with Crippen molar-refractivity contribution in [2.75, 3.05) is 9.80 Å². The van der Waals surface area contributed by atoms with E-state index in [4.69, 9.17) is 8.83 Å². The fraction of sp³-hybridized carbons (Fsp3) is 0. The van der Waals surface area contributed by atoms with E-state index in [1.807, 2.05) is 18.2 Å². The summed E-state index contributed by atoms with van der Waals surface area (Å²) in [5.74, 6) is 0. The minimum Gasteiger partial charge on any atom is -0.456 e. The van der Waals surface area contributed by atoms with Crippen molar-refractivity contribution in [3.8, 4) is 33.4 Å². The maximum Gasteiger partial charge on any atom is 0.159 e. The minimum atomic E-state index is 0.809. The molecule has 4 nitrogen and oxygen atoms in total. The maximum atomic E-state index is 6.91. The highest BCUT2D eigenvalue weighted by Gasteiger charge is 2.24. The quantitative estimate of drug-likeness (QED) is 0.135. The van der Waals surface area contributed by atoms with Crippen molar-refractivity contribution in [1.29, 1.82) is 0 Å². The molecule has 72 heavy (non-hydrogen) atoms. The maximum absolute atomic E-state index is 6.91. The molecule has 0 aliphatic heterocycles. The van der Waals surface area contributed by atoms with E-state index in [-0.39, 0.29) is 0 Å². The first-order chi connectivity index (χ1) is 35.7. The van der Waals surface area contributed by atoms with Crippen molar-refractivity contribution in [3.63, 3.8) is 0 Å². The van der Waals surface area contributed by atoms with Crippen LogP contribution in [0.15, 0.2) is 276 Å². The second-order valence-electron chi connectivity index (χ2n) is 18.5. The largest absolute Gasteiger partial charge is 0.456 e. The Labute approximate surface area is 416 Å². The van der Waals surface area contributed by atoms with E-state index in [2.05, 4.69) is 259 Å². The van der Waals surface area contributed by atoms with Crippen LogP contribution in [0.2, 0.25) is 0 Å². The van der Waals surface area contributed by atoms with Crippen LogP contribution in [0, 0.1) is 0 Å². The molecule has 12 aromatic carbocycles. The third-order valence-corrected chi connectivity index (χ3v) is 14.2. The van der Waals surface area contributed by atoms with Gasteiger partial charge < -0.3 is 18.6 Å². The van der Waals surface area contributed by atoms with Gasteiger partial charge >= 0.3 is 0 Å². The van der Waals surface area contributed by atoms with Gasteiger partial charge in [-0.2, -0.15) is 0 Å². The molecule has 0 spiro atoms. The van der Waals surface area contributed by atoms with E-state index in [0.29, 0.717) is 0 Å². The Morgan fingerprint density at radius 1 is 0.236 bits per heavy atom. The number of furan rings is 2. The summed E-state index contributed by atoms with van der Waals surface area (Å²) in [5.41, 5.74) is 16.1. The van der Waals surface area contributed by atoms with Crippen LogP contribution in [0.1, 0.15) is 0 Å². The lowest BCUT2D eigenvalue weighted by Crippen LogP contribution is -2.14. The summed E-state index contributed by atoms with van der Waals surface area (Å²) in [5, 5.41) is 9.05. The average molecular weight is 921 g/mol. The number of benzene rings is 12. The van der Waals surface area contributed by atoms with Crippen molar-refractivity contribution in [2.24, 2.45) is 0 Å². The van der Waals surface area contributed by atoms with E-state index in [1.54, 1.807) is 0 Å². The van der Waals surface area contributed by atoms with Gasteiger partial charge in [0.15, 0.2) is 5.58 Å². The number of rotatable bonds is 9. The molecule has 2 heterocycles. The number of nitrogens with zero attached hydrogens (tertiary/aromatic N) is 2. The van der Waals surface area contributed by atoms with Crippen LogP contribution in [0.5, 0.6) is 0 Å². The summed E-state index contributed by atoms with van der Waals surface area (Å²) < 4.78 is 13.4. The summed E-state index contributed by atoms with van der Waals surface area (Å²) in [4.78, 5) is 4.77. The molecule has 0 saturated carbocycles. The standard InChI is InChI=1S/C68H44N2O2/c1-3-16-45(17-4-1)47-30-34-51(35-31-47)69(52-36-32-48(33-37-52)46-18-5-2-6-19-46)54-40-50(62-42-49-20-7-8-21-56(49)57-22-9-10-23-58(57)62)41-55(43-54)70(53-38-39-67-63(44-53)60-25-12-13-28-65(60)71-67)64-27-15-26-61-59-24-11-14-29-66(59)72-68(61)64/h1-44H. The summed E-state index contributed by atoms with van der Waals surface area (Å²) in [7, 11) is 0. The van der Waals surface area contributed by atoms with Crippen LogP contribution in [0.25, 0.3) is 98.8 Å². The van der Waals surface area contributed by atoms with Crippen LogP contribution >= 0.6 is 0 Å². The Bertz CT molecular complexity index is 4240. The number of fused-ring (bicyclic) bond motifs is 9. The molecule has 0 amide bonds. The topological polar surface area (TPSA) is 32.8 Å². The Kier molecular flexibility index (Phi) is 9.82. The van der Waals surface area contributed by atoms with Gasteiger partial charge in [-0.15, -0.1) is 0 Å². The van der Waals surface area contributed by atoms with Crippen LogP contribution in [-0.4, -0.2) is 0 Å². The fourth-order valence-corrected chi connectivity index (χ4v) is 10.8. The first-order valence-electron chi connectivity index (χ1n) is 24.5. The van der Waals surface area contributed by atoms with Gasteiger partial charge in [0.1, 0.15) is 16.7 Å². The Morgan fingerprint density at radius 3 is 1.39 bits per heavy atom. The number of anilines is 6. The summed E-state index contributed by atoms with van der Waals surface area (Å²) >= 11 is 0. The first kappa shape index (κ1) is 41.3. The number of hydrogen-bond donors (Lipinski definition) is 0. The highest BCUT2D eigenvalue weighted by Crippen LogP contribution is 2.48. The van der Waals surface area contributed by atoms with E-state index in [9.17, 15) is 0 Å². The number of para-hydroxylation sites is 3. The van der Waals surface area contributed by atoms with Crippen LogP contribution in [0.4, 0.5) is 34.1 Å². The smallest absolute Gasteiger partial charge is 0.159 e. The van der Waals surface area contributed by atoms with Crippen molar-refractivity contribution in [3.05, 3.63) is 267 Å². The zero-order valence-electron chi connectivity index (χ0n) is 39.1. The van der Waals surface area contributed by atoms with E-state index < -0.39 is 0 Å². The Balaban J connectivity index is 1.07. The van der Waals surface area contributed by atoms with Crippen LogP contribution < -0.4 is 9.80 Å². The summed E-state index contributed by atoms with van der Waals surface area (Å²) in [6.45, 7) is 0. The molecule has 0 aliphatic carbocycles. The molecule has 0 N–H and O–H groups in total. The first-order valence-corrected chi connectivity index (χ1v) is 24.5. The van der Waals surface area contributed by atoms with Crippen molar-refractivity contribution in [2.45, 2.75) is 0 Å². The summed E-state index contributed by atoms with van der Waals surface area (Å²) in [6, 6.07) is 95.7. The summed E-state index contributed by atoms with van der Waals surface area (Å²) in [6.07, 6.45) is 0. The van der Waals surface area contributed by atoms with E-state index in [1.165, 1.54) is 32.7 Å². The lowest BCUT2D eigenvalue weighted by molar-refractivity contribution is 0.669. The van der Waals surface area contributed by atoms with Crippen LogP contribution in [0.3, 0.4) is 0 Å². The van der Waals surface area contributed by atoms with Gasteiger partial charge in [0.25, 0.3) is 0 Å². The predicted octanol–water partition coefficient (Wildman–Crippen LogP) is 19.7. The second kappa shape index (κ2) is 17.1. The molecule has 0 bridgehead atoms. The molecule has 0 fully saturated rings. The van der Waals surface area contributed by atoms with E-state index in [0.717, 1.165) is 100 Å². The van der Waals surface area contributed by atoms with Gasteiger partial charge in [0.2, 0.25) is 0 Å². The third-order valence-electron chi connectivity index (χ3n) is 14.2. The molecule has 0 atom stereocenters. The van der Waals surface area contributed by atoms with Crippen molar-refractivity contribution in [1.82, 2.24) is 0 Å². The Morgan fingerprint density at radius 2 is 0.722 bits per heavy atom. The van der Waals surface area contributed by atoms with Crippen LogP contribution in [-0.2, 0) is 0 Å². The van der Waals surface area contributed by atoms with Gasteiger partial charge in [-0.05, 0) is 140 Å². The van der Waals surface area contributed by atoms with Gasteiger partial charge in [0.05, 0.1) is 5.69 Å². The highest BCUT2D eigenvalue weighted by atomic mass is 16.3. The molecule has 2 aromatic heterocycles. The molecule has 0 aliphatic rings. The molecule has 14 rings (SSSR count). The predicted molar refractivity (Wildman–Crippen MR) is 302 cm³/mol. The molecule has 0 unspecified atom stereocenters. The zero-order valence-corrected chi connectivity index (χ0v) is 39.1. The molecular formula is C68H44N2O2. The fourth-order valence-electron chi connectivity index (χ4n) is 10.8. The zero-order chi connectivity index (χ0) is 47.5. The molecule has 338 valence electrons. The lowest BCUT2D eigenvalue weighted by Gasteiger charge is -2.30. The van der Waals surface area contributed by atoms with Crippen molar-refractivity contribution < 1.29 is 8.83 Å². The molecule has 4 heteroatoms. The van der Waals surface area contributed by atoms with E-state index >= 15 is 0 Å². The Hall–Kier alpha value is -9.64. The van der Waals surface area contributed by atoms with Gasteiger partial charge in [-0.3, -0.25) is 0 Å². The molecule has 0 radical (unpaired) electrons. The molecule has 14 aromatic rings. The average Bonchev–Trinajstić information content (AvgIpc) is 4.03. The van der Waals surface area contributed by atoms with Crippen molar-refractivity contribution >= 4 is 99.5 Å². The van der Waals surface area contributed by atoms with Gasteiger partial charge in [0, 0.05) is 50.0 Å². The monoisotopic (exact) mass is 920 g/mol. The number of hydrogen-bond acceptors (Lipinski definition) is 4. The van der Waals surface area contributed by atoms with Gasteiger partial charge in [-0.25, -0.2) is 0 Å². The lowest BCUT2D eigenvalue weighted by atomic mass is 9.92. The molecular weight excluding hydrogens is 877 g/mol.